The Bertz CT molecular complexity index is 714. The van der Waals surface area contributed by atoms with Gasteiger partial charge in [0.1, 0.15) is 5.69 Å². The summed E-state index contributed by atoms with van der Waals surface area (Å²) in [6, 6.07) is 5.14. The molecule has 0 unspecified atom stereocenters. The first-order valence-electron chi connectivity index (χ1n) is 7.12. The summed E-state index contributed by atoms with van der Waals surface area (Å²) in [4.78, 5) is 24.7. The number of carbonyl (C=O) groups excluding carboxylic acids is 1. The molecule has 0 radical (unpaired) electrons. The Labute approximate surface area is 138 Å². The van der Waals surface area contributed by atoms with Crippen molar-refractivity contribution in [3.8, 4) is 0 Å². The van der Waals surface area contributed by atoms with Gasteiger partial charge >= 0.3 is 0 Å². The molecule has 2 rings (SSSR count). The Morgan fingerprint density at radius 3 is 2.65 bits per heavy atom. The summed E-state index contributed by atoms with van der Waals surface area (Å²) < 4.78 is 0. The van der Waals surface area contributed by atoms with Crippen LogP contribution in [0.25, 0.3) is 0 Å². The van der Waals surface area contributed by atoms with E-state index in [-0.39, 0.29) is 23.8 Å². The van der Waals surface area contributed by atoms with E-state index in [0.29, 0.717) is 6.54 Å². The van der Waals surface area contributed by atoms with Crippen molar-refractivity contribution in [3.05, 3.63) is 55.8 Å². The van der Waals surface area contributed by atoms with Gasteiger partial charge in [0.2, 0.25) is 5.91 Å². The van der Waals surface area contributed by atoms with Gasteiger partial charge in [0.25, 0.3) is 5.69 Å². The first-order valence-corrected chi connectivity index (χ1v) is 8.06. The molecule has 23 heavy (non-hydrogen) atoms. The van der Waals surface area contributed by atoms with Gasteiger partial charge in [-0.2, -0.15) is 11.3 Å². The fourth-order valence-corrected chi connectivity index (χ4v) is 2.90. The molecule has 0 aliphatic carbocycles. The number of thiophene rings is 1. The van der Waals surface area contributed by atoms with E-state index >= 15 is 0 Å². The van der Waals surface area contributed by atoms with Gasteiger partial charge in [-0.05, 0) is 60.5 Å². The SMILES string of the molecule is Cc1cc(NC(=O)CN(C)Cc2ccsc2)c([N+](=O)[O-])cc1C. The highest BCUT2D eigenvalue weighted by molar-refractivity contribution is 7.07. The summed E-state index contributed by atoms with van der Waals surface area (Å²) in [6.45, 7) is 4.49. The maximum atomic E-state index is 12.1. The van der Waals surface area contributed by atoms with Crippen molar-refractivity contribution in [1.82, 2.24) is 4.90 Å². The fraction of sp³-hybridized carbons (Fsp3) is 0.312. The summed E-state index contributed by atoms with van der Waals surface area (Å²) in [5.41, 5.74) is 3.03. The van der Waals surface area contributed by atoms with Crippen LogP contribution in [-0.4, -0.2) is 29.3 Å². The van der Waals surface area contributed by atoms with Crippen molar-refractivity contribution in [2.45, 2.75) is 20.4 Å². The predicted octanol–water partition coefficient (Wildman–Crippen LogP) is 3.34. The molecule has 0 saturated heterocycles. The van der Waals surface area contributed by atoms with Crippen LogP contribution in [0.15, 0.2) is 29.0 Å². The lowest BCUT2D eigenvalue weighted by atomic mass is 10.1. The van der Waals surface area contributed by atoms with Gasteiger partial charge in [0.05, 0.1) is 11.5 Å². The molecule has 1 amide bonds. The summed E-state index contributed by atoms with van der Waals surface area (Å²) >= 11 is 1.61. The zero-order valence-corrected chi connectivity index (χ0v) is 14.1. The monoisotopic (exact) mass is 333 g/mol. The van der Waals surface area contributed by atoms with Gasteiger partial charge in [-0.25, -0.2) is 0 Å². The molecule has 0 aliphatic rings. The van der Waals surface area contributed by atoms with Crippen molar-refractivity contribution in [3.63, 3.8) is 0 Å². The molecule has 0 spiro atoms. The highest BCUT2D eigenvalue weighted by Crippen LogP contribution is 2.27. The van der Waals surface area contributed by atoms with E-state index in [1.165, 1.54) is 6.07 Å². The van der Waals surface area contributed by atoms with Crippen molar-refractivity contribution in [2.75, 3.05) is 18.9 Å². The zero-order valence-electron chi connectivity index (χ0n) is 13.3. The molecule has 122 valence electrons. The third-order valence-electron chi connectivity index (χ3n) is 3.53. The Hall–Kier alpha value is -2.25. The number of anilines is 1. The maximum absolute atomic E-state index is 12.1. The minimum Gasteiger partial charge on any atom is -0.319 e. The number of amides is 1. The molecule has 1 aromatic heterocycles. The van der Waals surface area contributed by atoms with Crippen molar-refractivity contribution in [2.24, 2.45) is 0 Å². The second kappa shape index (κ2) is 7.34. The largest absolute Gasteiger partial charge is 0.319 e. The van der Waals surface area contributed by atoms with Crippen LogP contribution in [0.2, 0.25) is 0 Å². The molecule has 1 N–H and O–H groups in total. The van der Waals surface area contributed by atoms with Gasteiger partial charge in [-0.15, -0.1) is 0 Å². The van der Waals surface area contributed by atoms with Crippen LogP contribution in [0.5, 0.6) is 0 Å². The molecule has 0 bridgehead atoms. The second-order valence-corrected chi connectivity index (χ2v) is 6.34. The molecular weight excluding hydrogens is 314 g/mol. The number of nitro benzene ring substituents is 1. The third-order valence-corrected chi connectivity index (χ3v) is 4.26. The lowest BCUT2D eigenvalue weighted by Crippen LogP contribution is -2.30. The number of likely N-dealkylation sites (N-methyl/N-ethyl adjacent to an activating group) is 1. The van der Waals surface area contributed by atoms with Crippen LogP contribution in [0.4, 0.5) is 11.4 Å². The van der Waals surface area contributed by atoms with Crippen LogP contribution in [0.1, 0.15) is 16.7 Å². The van der Waals surface area contributed by atoms with Crippen molar-refractivity contribution < 1.29 is 9.72 Å². The number of aryl methyl sites for hydroxylation is 2. The standard InChI is InChI=1S/C16H19N3O3S/c1-11-6-14(15(19(21)22)7-12(11)2)17-16(20)9-18(3)8-13-4-5-23-10-13/h4-7,10H,8-9H2,1-3H3,(H,17,20). The fourth-order valence-electron chi connectivity index (χ4n) is 2.24. The van der Waals surface area contributed by atoms with Crippen LogP contribution in [0, 0.1) is 24.0 Å². The average Bonchev–Trinajstić information content (AvgIpc) is 2.94. The predicted molar refractivity (Wildman–Crippen MR) is 91.9 cm³/mol. The Kier molecular flexibility index (Phi) is 5.46. The van der Waals surface area contributed by atoms with E-state index in [2.05, 4.69) is 5.32 Å². The number of carbonyl (C=O) groups is 1. The number of benzene rings is 1. The number of rotatable bonds is 6. The molecule has 0 aliphatic heterocycles. The van der Waals surface area contributed by atoms with E-state index in [1.807, 2.05) is 42.6 Å². The molecule has 0 saturated carbocycles. The van der Waals surface area contributed by atoms with Crippen LogP contribution < -0.4 is 5.32 Å². The van der Waals surface area contributed by atoms with Crippen LogP contribution in [0.3, 0.4) is 0 Å². The summed E-state index contributed by atoms with van der Waals surface area (Å²) in [5, 5.41) is 17.8. The molecule has 6 nitrogen and oxygen atoms in total. The smallest absolute Gasteiger partial charge is 0.293 e. The maximum Gasteiger partial charge on any atom is 0.293 e. The summed E-state index contributed by atoms with van der Waals surface area (Å²) in [5.74, 6) is -0.269. The topological polar surface area (TPSA) is 75.5 Å². The second-order valence-electron chi connectivity index (χ2n) is 5.56. The summed E-state index contributed by atoms with van der Waals surface area (Å²) in [6.07, 6.45) is 0. The van der Waals surface area contributed by atoms with Crippen molar-refractivity contribution in [1.29, 1.82) is 0 Å². The van der Waals surface area contributed by atoms with E-state index in [9.17, 15) is 14.9 Å². The first-order chi connectivity index (χ1) is 10.9. The quantitative estimate of drug-likeness (QED) is 0.650. The highest BCUT2D eigenvalue weighted by Gasteiger charge is 2.18. The Morgan fingerprint density at radius 1 is 1.35 bits per heavy atom. The van der Waals surface area contributed by atoms with Gasteiger partial charge < -0.3 is 5.32 Å². The normalized spacial score (nSPS) is 10.8. The minimum atomic E-state index is -0.475. The number of hydrogen-bond donors (Lipinski definition) is 1. The van der Waals surface area contributed by atoms with E-state index in [0.717, 1.165) is 16.7 Å². The lowest BCUT2D eigenvalue weighted by Gasteiger charge is -2.16. The number of nitrogens with zero attached hydrogens (tertiary/aromatic N) is 2. The summed E-state index contributed by atoms with van der Waals surface area (Å²) in [7, 11) is 1.84. The zero-order chi connectivity index (χ0) is 17.0. The number of hydrogen-bond acceptors (Lipinski definition) is 5. The molecule has 1 heterocycles. The number of nitro groups is 1. The van der Waals surface area contributed by atoms with Crippen molar-refractivity contribution >= 4 is 28.6 Å². The lowest BCUT2D eigenvalue weighted by molar-refractivity contribution is -0.384. The molecule has 0 fully saturated rings. The first kappa shape index (κ1) is 17.1. The Balaban J connectivity index is 2.05. The molecule has 0 atom stereocenters. The van der Waals surface area contributed by atoms with E-state index in [4.69, 9.17) is 0 Å². The van der Waals surface area contributed by atoms with Crippen LogP contribution >= 0.6 is 11.3 Å². The highest BCUT2D eigenvalue weighted by atomic mass is 32.1. The van der Waals surface area contributed by atoms with Gasteiger partial charge in [-0.1, -0.05) is 0 Å². The molecular formula is C16H19N3O3S. The van der Waals surface area contributed by atoms with Gasteiger partial charge in [-0.3, -0.25) is 19.8 Å². The minimum absolute atomic E-state index is 0.0815. The van der Waals surface area contributed by atoms with E-state index < -0.39 is 4.92 Å². The third kappa shape index (κ3) is 4.61. The Morgan fingerprint density at radius 2 is 2.04 bits per heavy atom. The van der Waals surface area contributed by atoms with Gasteiger partial charge in [0.15, 0.2) is 0 Å². The molecule has 2 aromatic rings. The molecule has 1 aromatic carbocycles. The molecule has 7 heteroatoms. The number of nitrogens with one attached hydrogen (secondary N) is 1. The van der Waals surface area contributed by atoms with Crippen LogP contribution in [-0.2, 0) is 11.3 Å². The van der Waals surface area contributed by atoms with Gasteiger partial charge in [0, 0.05) is 12.6 Å². The average molecular weight is 333 g/mol. The van der Waals surface area contributed by atoms with E-state index in [1.54, 1.807) is 17.4 Å².